The quantitative estimate of drug-likeness (QED) is 0.861. The molecule has 1 amide bonds. The van der Waals surface area contributed by atoms with E-state index in [2.05, 4.69) is 9.97 Å². The van der Waals surface area contributed by atoms with Gasteiger partial charge >= 0.3 is 0 Å². The SMILES string of the molecule is Cc1nc(C)c(-c2csc(CC(=O)C3CC(=O)N(C)C3)n2)s1. The molecule has 3 heterocycles. The second-order valence-electron chi connectivity index (χ2n) is 5.59. The number of aromatic nitrogens is 2. The second-order valence-corrected chi connectivity index (χ2v) is 7.74. The molecule has 0 aliphatic carbocycles. The van der Waals surface area contributed by atoms with Crippen LogP contribution in [0.1, 0.15) is 22.1 Å². The highest BCUT2D eigenvalue weighted by molar-refractivity contribution is 7.16. The van der Waals surface area contributed by atoms with E-state index in [-0.39, 0.29) is 17.6 Å². The number of ketones is 1. The van der Waals surface area contributed by atoms with E-state index in [1.165, 1.54) is 11.3 Å². The summed E-state index contributed by atoms with van der Waals surface area (Å²) in [5.41, 5.74) is 1.88. The lowest BCUT2D eigenvalue weighted by Gasteiger charge is -2.08. The first kappa shape index (κ1) is 15.3. The number of amides is 1. The first-order valence-corrected chi connectivity index (χ1v) is 8.79. The lowest BCUT2D eigenvalue weighted by molar-refractivity contribution is -0.127. The van der Waals surface area contributed by atoms with Crippen molar-refractivity contribution in [1.29, 1.82) is 0 Å². The summed E-state index contributed by atoms with van der Waals surface area (Å²) in [7, 11) is 1.74. The van der Waals surface area contributed by atoms with Gasteiger partial charge in [-0.15, -0.1) is 22.7 Å². The molecule has 7 heteroatoms. The fraction of sp³-hybridized carbons (Fsp3) is 0.467. The van der Waals surface area contributed by atoms with Crippen LogP contribution in [0, 0.1) is 19.8 Å². The summed E-state index contributed by atoms with van der Waals surface area (Å²) in [5, 5.41) is 3.81. The Morgan fingerprint density at radius 2 is 2.18 bits per heavy atom. The molecule has 0 N–H and O–H groups in total. The molecular formula is C15H17N3O2S2. The van der Waals surface area contributed by atoms with Crippen molar-refractivity contribution in [3.63, 3.8) is 0 Å². The van der Waals surface area contributed by atoms with Gasteiger partial charge in [0.25, 0.3) is 0 Å². The van der Waals surface area contributed by atoms with Gasteiger partial charge < -0.3 is 4.90 Å². The topological polar surface area (TPSA) is 63.2 Å². The maximum absolute atomic E-state index is 12.3. The second kappa shape index (κ2) is 5.89. The van der Waals surface area contributed by atoms with Gasteiger partial charge in [0.05, 0.1) is 27.7 Å². The summed E-state index contributed by atoms with van der Waals surface area (Å²) >= 11 is 3.12. The number of hydrogen-bond acceptors (Lipinski definition) is 6. The number of Topliss-reactive ketones (excluding diaryl/α,β-unsaturated/α-hetero) is 1. The Morgan fingerprint density at radius 3 is 2.77 bits per heavy atom. The Hall–Kier alpha value is -1.60. The van der Waals surface area contributed by atoms with Gasteiger partial charge in [0, 0.05) is 31.3 Å². The third-order valence-electron chi connectivity index (χ3n) is 3.81. The number of likely N-dealkylation sites (tertiary alicyclic amines) is 1. The van der Waals surface area contributed by atoms with Crippen molar-refractivity contribution in [3.8, 4) is 10.6 Å². The molecule has 2 aromatic heterocycles. The first-order chi connectivity index (χ1) is 10.4. The lowest BCUT2D eigenvalue weighted by atomic mass is 10.0. The van der Waals surface area contributed by atoms with Gasteiger partial charge in [-0.2, -0.15) is 0 Å². The molecule has 0 bridgehead atoms. The minimum absolute atomic E-state index is 0.0499. The van der Waals surface area contributed by atoms with E-state index in [9.17, 15) is 9.59 Å². The number of hydrogen-bond donors (Lipinski definition) is 0. The van der Waals surface area contributed by atoms with E-state index >= 15 is 0 Å². The highest BCUT2D eigenvalue weighted by atomic mass is 32.1. The molecule has 0 aromatic carbocycles. The molecule has 1 aliphatic rings. The third-order valence-corrected chi connectivity index (χ3v) is 5.75. The maximum atomic E-state index is 12.3. The van der Waals surface area contributed by atoms with Crippen molar-refractivity contribution in [3.05, 3.63) is 21.1 Å². The van der Waals surface area contributed by atoms with Gasteiger partial charge in [-0.3, -0.25) is 9.59 Å². The molecule has 3 rings (SSSR count). The number of thiazole rings is 2. The van der Waals surface area contributed by atoms with Crippen molar-refractivity contribution in [2.45, 2.75) is 26.7 Å². The van der Waals surface area contributed by atoms with Crippen LogP contribution in [-0.4, -0.2) is 40.2 Å². The number of aryl methyl sites for hydroxylation is 2. The molecular weight excluding hydrogens is 318 g/mol. The van der Waals surface area contributed by atoms with Crippen LogP contribution in [0.2, 0.25) is 0 Å². The summed E-state index contributed by atoms with van der Waals surface area (Å²) < 4.78 is 0. The van der Waals surface area contributed by atoms with Gasteiger partial charge in [-0.05, 0) is 13.8 Å². The predicted octanol–water partition coefficient (Wildman–Crippen LogP) is 2.47. The molecule has 1 fully saturated rings. The van der Waals surface area contributed by atoms with E-state index in [0.29, 0.717) is 19.4 Å². The van der Waals surface area contributed by atoms with Crippen molar-refractivity contribution in [2.75, 3.05) is 13.6 Å². The van der Waals surface area contributed by atoms with Crippen molar-refractivity contribution in [1.82, 2.24) is 14.9 Å². The van der Waals surface area contributed by atoms with Crippen LogP contribution in [0.5, 0.6) is 0 Å². The summed E-state index contributed by atoms with van der Waals surface area (Å²) in [6.45, 7) is 4.48. The first-order valence-electron chi connectivity index (χ1n) is 7.09. The molecule has 1 saturated heterocycles. The largest absolute Gasteiger partial charge is 0.345 e. The van der Waals surface area contributed by atoms with E-state index in [0.717, 1.165) is 26.3 Å². The average Bonchev–Trinajstić information content (AvgIpc) is 3.11. The summed E-state index contributed by atoms with van der Waals surface area (Å²) in [6.07, 6.45) is 0.647. The zero-order valence-electron chi connectivity index (χ0n) is 12.8. The van der Waals surface area contributed by atoms with Gasteiger partial charge in [0.1, 0.15) is 10.8 Å². The van der Waals surface area contributed by atoms with Gasteiger partial charge in [-0.25, -0.2) is 9.97 Å². The Morgan fingerprint density at radius 1 is 1.41 bits per heavy atom. The highest BCUT2D eigenvalue weighted by Crippen LogP contribution is 2.31. The Labute approximate surface area is 137 Å². The van der Waals surface area contributed by atoms with Crippen LogP contribution >= 0.6 is 22.7 Å². The number of carbonyl (C=O) groups excluding carboxylic acids is 2. The molecule has 1 unspecified atom stereocenters. The third kappa shape index (κ3) is 2.96. The van der Waals surface area contributed by atoms with Crippen LogP contribution < -0.4 is 0 Å². The summed E-state index contributed by atoms with van der Waals surface area (Å²) in [4.78, 5) is 35.5. The minimum atomic E-state index is -0.183. The molecule has 5 nitrogen and oxygen atoms in total. The molecule has 0 spiro atoms. The summed E-state index contributed by atoms with van der Waals surface area (Å²) in [6, 6.07) is 0. The Bertz CT molecular complexity index is 735. The molecule has 0 saturated carbocycles. The van der Waals surface area contributed by atoms with Crippen LogP contribution in [-0.2, 0) is 16.0 Å². The zero-order valence-corrected chi connectivity index (χ0v) is 14.4. The molecule has 0 radical (unpaired) electrons. The number of rotatable bonds is 4. The van der Waals surface area contributed by atoms with Crippen LogP contribution in [0.3, 0.4) is 0 Å². The molecule has 116 valence electrons. The van der Waals surface area contributed by atoms with Crippen LogP contribution in [0.4, 0.5) is 0 Å². The van der Waals surface area contributed by atoms with E-state index in [4.69, 9.17) is 0 Å². The van der Waals surface area contributed by atoms with Crippen molar-refractivity contribution >= 4 is 34.4 Å². The predicted molar refractivity (Wildman–Crippen MR) is 87.2 cm³/mol. The average molecular weight is 335 g/mol. The zero-order chi connectivity index (χ0) is 15.9. The molecule has 2 aromatic rings. The van der Waals surface area contributed by atoms with E-state index in [1.807, 2.05) is 19.2 Å². The summed E-state index contributed by atoms with van der Waals surface area (Å²) in [5.74, 6) is -0.0259. The fourth-order valence-electron chi connectivity index (χ4n) is 2.64. The van der Waals surface area contributed by atoms with Gasteiger partial charge in [0.15, 0.2) is 0 Å². The standard InChI is InChI=1S/C15H17N3O2S2/c1-8-15(22-9(2)16-8)11-7-21-13(17-11)5-12(19)10-4-14(20)18(3)6-10/h7,10H,4-6H2,1-3H3. The van der Waals surface area contributed by atoms with Crippen LogP contribution in [0.15, 0.2) is 5.38 Å². The van der Waals surface area contributed by atoms with E-state index < -0.39 is 0 Å². The number of nitrogens with zero attached hydrogens (tertiary/aromatic N) is 3. The Balaban J connectivity index is 1.71. The molecule has 22 heavy (non-hydrogen) atoms. The normalized spacial score (nSPS) is 18.2. The van der Waals surface area contributed by atoms with Crippen LogP contribution in [0.25, 0.3) is 10.6 Å². The smallest absolute Gasteiger partial charge is 0.223 e. The van der Waals surface area contributed by atoms with Crippen molar-refractivity contribution in [2.24, 2.45) is 5.92 Å². The van der Waals surface area contributed by atoms with Gasteiger partial charge in [-0.1, -0.05) is 0 Å². The van der Waals surface area contributed by atoms with Gasteiger partial charge in [0.2, 0.25) is 5.91 Å². The monoisotopic (exact) mass is 335 g/mol. The Kier molecular flexibility index (Phi) is 4.10. The fourth-order valence-corrected chi connectivity index (χ4v) is 4.39. The molecule has 1 aliphatic heterocycles. The molecule has 1 atom stereocenters. The lowest BCUT2D eigenvalue weighted by Crippen LogP contribution is -2.22. The minimum Gasteiger partial charge on any atom is -0.345 e. The number of carbonyl (C=O) groups is 2. The van der Waals surface area contributed by atoms with E-state index in [1.54, 1.807) is 23.3 Å². The van der Waals surface area contributed by atoms with Crippen molar-refractivity contribution < 1.29 is 9.59 Å². The maximum Gasteiger partial charge on any atom is 0.223 e. The highest BCUT2D eigenvalue weighted by Gasteiger charge is 2.32.